The zero-order chi connectivity index (χ0) is 21.2. The molecule has 1 aliphatic heterocycles. The molecule has 0 saturated carbocycles. The van der Waals surface area contributed by atoms with Gasteiger partial charge in [0.2, 0.25) is 0 Å². The van der Waals surface area contributed by atoms with Crippen LogP contribution in [-0.2, 0) is 18.0 Å². The highest BCUT2D eigenvalue weighted by Crippen LogP contribution is 2.38. The van der Waals surface area contributed by atoms with Crippen molar-refractivity contribution < 1.29 is 19.4 Å². The number of aromatic nitrogens is 1. The molecule has 0 aliphatic carbocycles. The molecule has 3 aromatic carbocycles. The third kappa shape index (κ3) is 3.85. The first-order valence-electron chi connectivity index (χ1n) is 9.95. The topological polar surface area (TPSA) is 68.7 Å². The van der Waals surface area contributed by atoms with E-state index in [1.165, 1.54) is 6.08 Å². The van der Waals surface area contributed by atoms with E-state index >= 15 is 0 Å². The summed E-state index contributed by atoms with van der Waals surface area (Å²) in [6.45, 7) is 0.681. The van der Waals surface area contributed by atoms with Crippen molar-refractivity contribution in [3.63, 3.8) is 0 Å². The summed E-state index contributed by atoms with van der Waals surface area (Å²) >= 11 is 0. The third-order valence-corrected chi connectivity index (χ3v) is 5.24. The summed E-state index contributed by atoms with van der Waals surface area (Å²) in [5.41, 5.74) is 4.81. The molecule has 0 bridgehead atoms. The zero-order valence-corrected chi connectivity index (χ0v) is 16.6. The third-order valence-electron chi connectivity index (χ3n) is 5.24. The highest BCUT2D eigenvalue weighted by molar-refractivity contribution is 5.97. The maximum Gasteiger partial charge on any atom is 0.328 e. The number of hydrogen-bond donors (Lipinski definition) is 1. The number of carboxylic acids is 1. The molecule has 5 nitrogen and oxygen atoms in total. The Morgan fingerprint density at radius 1 is 1.00 bits per heavy atom. The van der Waals surface area contributed by atoms with Crippen LogP contribution in [0.5, 0.6) is 11.5 Å². The van der Waals surface area contributed by atoms with Crippen molar-refractivity contribution in [1.82, 2.24) is 4.98 Å². The van der Waals surface area contributed by atoms with Gasteiger partial charge in [-0.25, -0.2) is 9.78 Å². The van der Waals surface area contributed by atoms with Crippen molar-refractivity contribution in [2.24, 2.45) is 0 Å². The number of carboxylic acid groups (broad SMARTS) is 1. The lowest BCUT2D eigenvalue weighted by molar-refractivity contribution is -0.131. The molecule has 0 fully saturated rings. The maximum absolute atomic E-state index is 11.5. The Bertz CT molecular complexity index is 1330. The van der Waals surface area contributed by atoms with E-state index in [-0.39, 0.29) is 0 Å². The van der Waals surface area contributed by atoms with Gasteiger partial charge in [0, 0.05) is 22.6 Å². The van der Waals surface area contributed by atoms with Crippen LogP contribution in [0.2, 0.25) is 0 Å². The molecule has 1 aromatic heterocycles. The monoisotopic (exact) mass is 409 g/mol. The Kier molecular flexibility index (Phi) is 4.84. The van der Waals surface area contributed by atoms with Gasteiger partial charge >= 0.3 is 5.97 Å². The Morgan fingerprint density at radius 3 is 2.74 bits per heavy atom. The molecular formula is C26H19NO4. The second-order valence-electron chi connectivity index (χ2n) is 7.28. The van der Waals surface area contributed by atoms with Crippen LogP contribution in [0.25, 0.3) is 16.5 Å². The van der Waals surface area contributed by atoms with Crippen molar-refractivity contribution >= 4 is 22.4 Å². The van der Waals surface area contributed by atoms with Crippen LogP contribution in [0.15, 0.2) is 84.9 Å². The number of rotatable bonds is 4. The standard InChI is InChI=1S/C26H19NO4/c28-26(29)14-22-21-7-3-1-6-18(21)15-31-25-12-11-20(13-23(22)25)30-16-19-10-9-17-5-2-4-8-24(17)27-19/h1-14H,15-16H2,(H,28,29). The van der Waals surface area contributed by atoms with Gasteiger partial charge in [0.05, 0.1) is 11.2 Å². The van der Waals surface area contributed by atoms with Gasteiger partial charge in [-0.15, -0.1) is 0 Å². The molecular weight excluding hydrogens is 390 g/mol. The summed E-state index contributed by atoms with van der Waals surface area (Å²) in [5, 5.41) is 10.5. The van der Waals surface area contributed by atoms with Crippen LogP contribution >= 0.6 is 0 Å². The molecule has 1 N–H and O–H groups in total. The molecule has 5 rings (SSSR count). The second kappa shape index (κ2) is 7.95. The molecule has 0 amide bonds. The van der Waals surface area contributed by atoms with Gasteiger partial charge in [-0.1, -0.05) is 48.5 Å². The van der Waals surface area contributed by atoms with Crippen molar-refractivity contribution in [1.29, 1.82) is 0 Å². The average molecular weight is 409 g/mol. The molecule has 0 unspecified atom stereocenters. The van der Waals surface area contributed by atoms with Crippen LogP contribution in [0.1, 0.15) is 22.4 Å². The van der Waals surface area contributed by atoms with Crippen molar-refractivity contribution in [2.45, 2.75) is 13.2 Å². The minimum atomic E-state index is -1.01. The smallest absolute Gasteiger partial charge is 0.328 e. The Balaban J connectivity index is 1.47. The molecule has 2 heterocycles. The molecule has 152 valence electrons. The normalized spacial score (nSPS) is 13.7. The molecule has 0 saturated heterocycles. The lowest BCUT2D eigenvalue weighted by Crippen LogP contribution is -2.00. The number of nitrogens with zero attached hydrogens (tertiary/aromatic N) is 1. The van der Waals surface area contributed by atoms with E-state index in [0.29, 0.717) is 35.8 Å². The summed E-state index contributed by atoms with van der Waals surface area (Å²) in [7, 11) is 0. The highest BCUT2D eigenvalue weighted by Gasteiger charge is 2.20. The second-order valence-corrected chi connectivity index (χ2v) is 7.28. The number of fused-ring (bicyclic) bond motifs is 3. The van der Waals surface area contributed by atoms with E-state index in [0.717, 1.165) is 27.7 Å². The van der Waals surface area contributed by atoms with Crippen molar-refractivity contribution in [3.05, 3.63) is 107 Å². The Hall–Kier alpha value is -4.12. The van der Waals surface area contributed by atoms with E-state index < -0.39 is 5.97 Å². The van der Waals surface area contributed by atoms with E-state index in [9.17, 15) is 9.90 Å². The van der Waals surface area contributed by atoms with Crippen molar-refractivity contribution in [2.75, 3.05) is 0 Å². The summed E-state index contributed by atoms with van der Waals surface area (Å²) in [6.07, 6.45) is 1.22. The lowest BCUT2D eigenvalue weighted by atomic mass is 9.94. The first-order valence-corrected chi connectivity index (χ1v) is 9.95. The fourth-order valence-electron chi connectivity index (χ4n) is 3.77. The van der Waals surface area contributed by atoms with E-state index in [4.69, 9.17) is 9.47 Å². The van der Waals surface area contributed by atoms with Crippen LogP contribution in [0.3, 0.4) is 0 Å². The fourth-order valence-corrected chi connectivity index (χ4v) is 3.77. The molecule has 0 atom stereocenters. The predicted molar refractivity (Wildman–Crippen MR) is 118 cm³/mol. The van der Waals surface area contributed by atoms with Crippen LogP contribution in [-0.4, -0.2) is 16.1 Å². The largest absolute Gasteiger partial charge is 0.488 e. The number of para-hydroxylation sites is 1. The molecule has 4 aromatic rings. The molecule has 1 aliphatic rings. The fraction of sp³-hybridized carbons (Fsp3) is 0.0769. The minimum absolute atomic E-state index is 0.305. The van der Waals surface area contributed by atoms with Gasteiger partial charge < -0.3 is 14.6 Å². The summed E-state index contributed by atoms with van der Waals surface area (Å²) < 4.78 is 11.9. The summed E-state index contributed by atoms with van der Waals surface area (Å²) in [5.74, 6) is 0.234. The van der Waals surface area contributed by atoms with Crippen LogP contribution < -0.4 is 9.47 Å². The quantitative estimate of drug-likeness (QED) is 0.468. The Labute approximate surface area is 179 Å². The predicted octanol–water partition coefficient (Wildman–Crippen LogP) is 5.22. The van der Waals surface area contributed by atoms with Gasteiger partial charge in [-0.05, 0) is 41.5 Å². The Morgan fingerprint density at radius 2 is 1.84 bits per heavy atom. The van der Waals surface area contributed by atoms with Gasteiger partial charge in [0.25, 0.3) is 0 Å². The van der Waals surface area contributed by atoms with E-state index in [1.54, 1.807) is 0 Å². The lowest BCUT2D eigenvalue weighted by Gasteiger charge is -2.13. The SMILES string of the molecule is O=C(O)C=C1c2ccccc2COc2ccc(OCc3ccc4ccccc4n3)cc21. The molecule has 0 spiro atoms. The number of ether oxygens (including phenoxy) is 2. The number of pyridine rings is 1. The summed E-state index contributed by atoms with van der Waals surface area (Å²) in [6, 6.07) is 25.0. The highest BCUT2D eigenvalue weighted by atomic mass is 16.5. The van der Waals surface area contributed by atoms with Gasteiger partial charge in [-0.2, -0.15) is 0 Å². The number of hydrogen-bond acceptors (Lipinski definition) is 4. The van der Waals surface area contributed by atoms with Crippen molar-refractivity contribution in [3.8, 4) is 11.5 Å². The number of benzene rings is 3. The first kappa shape index (κ1) is 18.9. The minimum Gasteiger partial charge on any atom is -0.488 e. The van der Waals surface area contributed by atoms with E-state index in [1.807, 2.05) is 78.9 Å². The maximum atomic E-state index is 11.5. The van der Waals surface area contributed by atoms with Gasteiger partial charge in [-0.3, -0.25) is 0 Å². The van der Waals surface area contributed by atoms with E-state index in [2.05, 4.69) is 4.98 Å². The van der Waals surface area contributed by atoms with Gasteiger partial charge in [0.15, 0.2) is 0 Å². The number of carbonyl (C=O) groups is 1. The number of aliphatic carboxylic acids is 1. The molecule has 0 radical (unpaired) electrons. The van der Waals surface area contributed by atoms with Gasteiger partial charge in [0.1, 0.15) is 24.7 Å². The molecule has 31 heavy (non-hydrogen) atoms. The zero-order valence-electron chi connectivity index (χ0n) is 16.6. The average Bonchev–Trinajstić information content (AvgIpc) is 2.94. The first-order chi connectivity index (χ1) is 15.2. The van der Waals surface area contributed by atoms with Crippen LogP contribution in [0.4, 0.5) is 0 Å². The molecule has 5 heteroatoms. The summed E-state index contributed by atoms with van der Waals surface area (Å²) in [4.78, 5) is 16.2. The van der Waals surface area contributed by atoms with Crippen LogP contribution in [0, 0.1) is 0 Å².